The maximum atomic E-state index is 12.4. The summed E-state index contributed by atoms with van der Waals surface area (Å²) in [5, 5.41) is 1.10. The first-order valence-corrected chi connectivity index (χ1v) is 9.31. The van der Waals surface area contributed by atoms with Crippen molar-refractivity contribution >= 4 is 29.3 Å². The number of carbonyl (C=O) groups is 1. The minimum absolute atomic E-state index is 0.207. The van der Waals surface area contributed by atoms with Crippen molar-refractivity contribution in [3.05, 3.63) is 33.8 Å². The van der Waals surface area contributed by atoms with Crippen molar-refractivity contribution in [2.24, 2.45) is 5.73 Å². The largest absolute Gasteiger partial charge is 0.443 e. The van der Waals surface area contributed by atoms with E-state index in [1.807, 2.05) is 19.1 Å². The molecular weight excluding hydrogens is 347 g/mol. The van der Waals surface area contributed by atoms with Gasteiger partial charge in [-0.3, -0.25) is 0 Å². The van der Waals surface area contributed by atoms with Crippen LogP contribution in [-0.4, -0.2) is 36.2 Å². The average Bonchev–Trinajstić information content (AvgIpc) is 3.09. The molecule has 1 atom stereocenters. The third-order valence-electron chi connectivity index (χ3n) is 4.53. The molecule has 4 nitrogen and oxygen atoms in total. The predicted molar refractivity (Wildman–Crippen MR) is 98.8 cm³/mol. The second-order valence-corrected chi connectivity index (χ2v) is 7.47. The molecule has 0 radical (unpaired) electrons. The average molecular weight is 373 g/mol. The van der Waals surface area contributed by atoms with E-state index in [0.29, 0.717) is 16.6 Å². The Kier molecular flexibility index (Phi) is 7.20. The predicted octanol–water partition coefficient (Wildman–Crippen LogP) is 4.66. The lowest BCUT2D eigenvalue weighted by Crippen LogP contribution is -2.39. The van der Waals surface area contributed by atoms with Gasteiger partial charge in [0.1, 0.15) is 5.60 Å². The molecule has 1 aliphatic heterocycles. The highest BCUT2D eigenvalue weighted by Gasteiger charge is 2.31. The lowest BCUT2D eigenvalue weighted by molar-refractivity contribution is -0.00637. The second-order valence-electron chi connectivity index (χ2n) is 6.65. The Morgan fingerprint density at radius 2 is 1.96 bits per heavy atom. The van der Waals surface area contributed by atoms with Gasteiger partial charge in [-0.1, -0.05) is 29.3 Å². The summed E-state index contributed by atoms with van der Waals surface area (Å²) in [7, 11) is 0. The third-order valence-corrected chi connectivity index (χ3v) is 5.27. The summed E-state index contributed by atoms with van der Waals surface area (Å²) in [5.41, 5.74) is 6.21. The molecule has 24 heavy (non-hydrogen) atoms. The number of likely N-dealkylation sites (tertiary alicyclic amines) is 1. The second kappa shape index (κ2) is 8.93. The number of hydrogen-bond acceptors (Lipinski definition) is 3. The van der Waals surface area contributed by atoms with Crippen molar-refractivity contribution in [2.75, 3.05) is 19.6 Å². The van der Waals surface area contributed by atoms with Crippen LogP contribution in [0.3, 0.4) is 0 Å². The minimum atomic E-state index is -0.523. The first kappa shape index (κ1) is 19.4. The molecule has 1 aromatic rings. The number of amides is 1. The molecule has 0 aromatic heterocycles. The number of halogens is 2. The zero-order valence-corrected chi connectivity index (χ0v) is 15.7. The van der Waals surface area contributed by atoms with Gasteiger partial charge in [0.2, 0.25) is 0 Å². The van der Waals surface area contributed by atoms with Gasteiger partial charge in [0.15, 0.2) is 0 Å². The fourth-order valence-electron chi connectivity index (χ4n) is 2.98. The van der Waals surface area contributed by atoms with Crippen molar-refractivity contribution in [3.63, 3.8) is 0 Å². The van der Waals surface area contributed by atoms with Crippen LogP contribution < -0.4 is 5.73 Å². The fourth-order valence-corrected chi connectivity index (χ4v) is 3.30. The van der Waals surface area contributed by atoms with Crippen LogP contribution >= 0.6 is 23.2 Å². The van der Waals surface area contributed by atoms with E-state index in [1.165, 1.54) is 0 Å². The van der Waals surface area contributed by atoms with Crippen LogP contribution in [-0.2, 0) is 11.2 Å². The van der Waals surface area contributed by atoms with E-state index in [1.54, 1.807) is 11.0 Å². The van der Waals surface area contributed by atoms with Crippen molar-refractivity contribution in [2.45, 2.75) is 51.0 Å². The number of nitrogens with two attached hydrogens (primary N) is 1. The maximum absolute atomic E-state index is 12.4. The summed E-state index contributed by atoms with van der Waals surface area (Å²) in [4.78, 5) is 14.2. The molecule has 0 aliphatic carbocycles. The summed E-state index contributed by atoms with van der Waals surface area (Å²) in [6.45, 7) is 4.16. The van der Waals surface area contributed by atoms with E-state index in [4.69, 9.17) is 33.7 Å². The highest BCUT2D eigenvalue weighted by atomic mass is 35.5. The molecule has 2 N–H and O–H groups in total. The Labute approximate surface area is 154 Å². The van der Waals surface area contributed by atoms with Gasteiger partial charge < -0.3 is 15.4 Å². The minimum Gasteiger partial charge on any atom is -0.443 e. The van der Waals surface area contributed by atoms with Crippen LogP contribution in [0, 0.1) is 0 Å². The number of rotatable bonds is 7. The number of nitrogens with zero attached hydrogens (tertiary/aromatic N) is 1. The monoisotopic (exact) mass is 372 g/mol. The highest BCUT2D eigenvalue weighted by Crippen LogP contribution is 2.28. The van der Waals surface area contributed by atoms with E-state index in [0.717, 1.165) is 57.2 Å². The smallest absolute Gasteiger partial charge is 0.410 e. The topological polar surface area (TPSA) is 55.6 Å². The van der Waals surface area contributed by atoms with Gasteiger partial charge in [-0.2, -0.15) is 0 Å². The standard InChI is InChI=1S/C18H26Cl2N2O2/c1-18(8-4-10-21,24-17(23)22-11-2-3-12-22)9-7-14-5-6-15(19)16(20)13-14/h5-6,13H,2-4,7-12,21H2,1H3. The Balaban J connectivity index is 1.99. The van der Waals surface area contributed by atoms with Gasteiger partial charge in [0.05, 0.1) is 10.0 Å². The van der Waals surface area contributed by atoms with E-state index < -0.39 is 5.60 Å². The SMILES string of the molecule is CC(CCCN)(CCc1ccc(Cl)c(Cl)c1)OC(=O)N1CCCC1. The first-order chi connectivity index (χ1) is 11.4. The van der Waals surface area contributed by atoms with E-state index >= 15 is 0 Å². The number of hydrogen-bond donors (Lipinski definition) is 1. The Morgan fingerprint density at radius 3 is 2.58 bits per heavy atom. The Bertz CT molecular complexity index is 562. The summed E-state index contributed by atoms with van der Waals surface area (Å²) in [5.74, 6) is 0. The lowest BCUT2D eigenvalue weighted by atomic mass is 9.92. The van der Waals surface area contributed by atoms with Crippen molar-refractivity contribution in [3.8, 4) is 0 Å². The van der Waals surface area contributed by atoms with Crippen molar-refractivity contribution in [1.29, 1.82) is 0 Å². The van der Waals surface area contributed by atoms with Crippen LogP contribution in [0.1, 0.15) is 44.6 Å². The van der Waals surface area contributed by atoms with Crippen molar-refractivity contribution < 1.29 is 9.53 Å². The third kappa shape index (κ3) is 5.54. The maximum Gasteiger partial charge on any atom is 0.410 e. The van der Waals surface area contributed by atoms with Crippen LogP contribution in [0.2, 0.25) is 10.0 Å². The molecule has 1 aromatic carbocycles. The highest BCUT2D eigenvalue weighted by molar-refractivity contribution is 6.42. The fraction of sp³-hybridized carbons (Fsp3) is 0.611. The van der Waals surface area contributed by atoms with Gasteiger partial charge in [-0.25, -0.2) is 4.79 Å². The normalized spacial score (nSPS) is 16.9. The summed E-state index contributed by atoms with van der Waals surface area (Å²) >= 11 is 12.0. The number of benzene rings is 1. The first-order valence-electron chi connectivity index (χ1n) is 8.55. The number of ether oxygens (including phenoxy) is 1. The molecule has 1 heterocycles. The molecule has 6 heteroatoms. The van der Waals surface area contributed by atoms with Crippen molar-refractivity contribution in [1.82, 2.24) is 4.90 Å². The van der Waals surface area contributed by atoms with Gasteiger partial charge in [0.25, 0.3) is 0 Å². The molecule has 1 saturated heterocycles. The van der Waals surface area contributed by atoms with Gasteiger partial charge >= 0.3 is 6.09 Å². The molecule has 0 saturated carbocycles. The van der Waals surface area contributed by atoms with E-state index in [-0.39, 0.29) is 6.09 Å². The molecule has 1 aliphatic rings. The molecule has 1 unspecified atom stereocenters. The molecule has 0 bridgehead atoms. The molecule has 0 spiro atoms. The van der Waals surface area contributed by atoms with Gasteiger partial charge in [0, 0.05) is 13.1 Å². The van der Waals surface area contributed by atoms with Crippen LogP contribution in [0.4, 0.5) is 4.79 Å². The summed E-state index contributed by atoms with van der Waals surface area (Å²) < 4.78 is 5.87. The van der Waals surface area contributed by atoms with Gasteiger partial charge in [-0.15, -0.1) is 0 Å². The van der Waals surface area contributed by atoms with Crippen LogP contribution in [0.25, 0.3) is 0 Å². The summed E-state index contributed by atoms with van der Waals surface area (Å²) in [6.07, 6.45) is 4.97. The van der Waals surface area contributed by atoms with E-state index in [2.05, 4.69) is 0 Å². The molecule has 2 rings (SSSR count). The zero-order chi connectivity index (χ0) is 17.6. The van der Waals surface area contributed by atoms with E-state index in [9.17, 15) is 4.79 Å². The molecule has 1 amide bonds. The number of carbonyl (C=O) groups excluding carboxylic acids is 1. The Morgan fingerprint density at radius 1 is 1.25 bits per heavy atom. The van der Waals surface area contributed by atoms with Gasteiger partial charge in [-0.05, 0) is 69.7 Å². The lowest BCUT2D eigenvalue weighted by Gasteiger charge is -2.32. The Hall–Kier alpha value is -0.970. The quantitative estimate of drug-likeness (QED) is 0.757. The van der Waals surface area contributed by atoms with Crippen LogP contribution in [0.5, 0.6) is 0 Å². The molecule has 1 fully saturated rings. The zero-order valence-electron chi connectivity index (χ0n) is 14.2. The molecular formula is C18H26Cl2N2O2. The van der Waals surface area contributed by atoms with Crippen LogP contribution in [0.15, 0.2) is 18.2 Å². The number of aryl methyl sites for hydroxylation is 1. The summed E-state index contributed by atoms with van der Waals surface area (Å²) in [6, 6.07) is 5.63. The molecule has 134 valence electrons.